The van der Waals surface area contributed by atoms with Crippen LogP contribution in [0, 0.1) is 5.92 Å². The maximum Gasteiger partial charge on any atom is 0.337 e. The van der Waals surface area contributed by atoms with Crippen molar-refractivity contribution in [3.63, 3.8) is 0 Å². The second-order valence-corrected chi connectivity index (χ2v) is 11.5. The Bertz CT molecular complexity index is 1310. The van der Waals surface area contributed by atoms with Crippen LogP contribution >= 0.6 is 22.7 Å². The van der Waals surface area contributed by atoms with Crippen LogP contribution in [0.25, 0.3) is 10.2 Å². The number of hydrogen-bond donors (Lipinski definition) is 0. The number of aryl methyl sites for hydroxylation is 1. The van der Waals surface area contributed by atoms with E-state index in [1.807, 2.05) is 17.6 Å². The number of ether oxygens (including phenoxy) is 1. The fourth-order valence-electron chi connectivity index (χ4n) is 3.78. The predicted octanol–water partition coefficient (Wildman–Crippen LogP) is 3.10. The van der Waals surface area contributed by atoms with Gasteiger partial charge in [0.05, 0.1) is 22.9 Å². The minimum absolute atomic E-state index is 0.236. The number of thiazole rings is 1. The molecule has 0 saturated carbocycles. The second-order valence-electron chi connectivity index (χ2n) is 7.36. The Morgan fingerprint density at radius 2 is 1.97 bits per heavy atom. The van der Waals surface area contributed by atoms with Crippen molar-refractivity contribution in [2.75, 3.05) is 20.2 Å². The zero-order chi connectivity index (χ0) is 22.9. The number of esters is 1. The number of methoxy groups -OCH3 is 1. The number of carbonyl (C=O) groups excluding carboxylic acids is 2. The molecule has 170 valence electrons. The van der Waals surface area contributed by atoms with Crippen LogP contribution in [-0.2, 0) is 26.1 Å². The van der Waals surface area contributed by atoms with Crippen molar-refractivity contribution in [2.24, 2.45) is 10.9 Å². The minimum Gasteiger partial charge on any atom is -0.465 e. The van der Waals surface area contributed by atoms with Crippen LogP contribution in [-0.4, -0.2) is 49.4 Å². The summed E-state index contributed by atoms with van der Waals surface area (Å²) in [7, 11) is -2.16. The number of piperidine rings is 1. The van der Waals surface area contributed by atoms with Gasteiger partial charge in [-0.2, -0.15) is 9.30 Å². The van der Waals surface area contributed by atoms with E-state index in [2.05, 4.69) is 4.99 Å². The van der Waals surface area contributed by atoms with Crippen LogP contribution in [0.2, 0.25) is 0 Å². The molecular weight excluding hydrogens is 470 g/mol. The molecular formula is C21H23N3O5S3. The Morgan fingerprint density at radius 3 is 2.59 bits per heavy atom. The monoisotopic (exact) mass is 493 g/mol. The van der Waals surface area contributed by atoms with Gasteiger partial charge in [0.2, 0.25) is 0 Å². The van der Waals surface area contributed by atoms with E-state index >= 15 is 0 Å². The van der Waals surface area contributed by atoms with Crippen molar-refractivity contribution >= 4 is 54.8 Å². The number of carbonyl (C=O) groups is 2. The van der Waals surface area contributed by atoms with E-state index < -0.39 is 16.0 Å². The number of aromatic nitrogens is 1. The molecule has 1 aromatic carbocycles. The third-order valence-corrected chi connectivity index (χ3v) is 9.83. The van der Waals surface area contributed by atoms with Gasteiger partial charge in [0.1, 0.15) is 4.21 Å². The zero-order valence-electron chi connectivity index (χ0n) is 17.7. The maximum atomic E-state index is 12.9. The van der Waals surface area contributed by atoms with Crippen molar-refractivity contribution < 1.29 is 22.7 Å². The minimum atomic E-state index is -3.50. The van der Waals surface area contributed by atoms with Gasteiger partial charge in [-0.05, 0) is 49.4 Å². The highest BCUT2D eigenvalue weighted by Crippen LogP contribution is 2.27. The van der Waals surface area contributed by atoms with E-state index in [9.17, 15) is 18.0 Å². The van der Waals surface area contributed by atoms with Crippen LogP contribution in [0.5, 0.6) is 0 Å². The van der Waals surface area contributed by atoms with E-state index in [0.717, 1.165) is 10.2 Å². The van der Waals surface area contributed by atoms with Crippen molar-refractivity contribution in [3.05, 3.63) is 46.1 Å². The standard InChI is InChI=1S/C21H23N3O5S3/c1-3-24-16-7-6-15(20(26)29-2)13-17(16)31-21(24)22-19(25)14-8-10-23(11-9-14)32(27,28)18-5-4-12-30-18/h4-7,12-14H,3,8-11H2,1-2H3. The summed E-state index contributed by atoms with van der Waals surface area (Å²) in [5.74, 6) is -0.965. The van der Waals surface area contributed by atoms with E-state index in [1.54, 1.807) is 29.6 Å². The highest BCUT2D eigenvalue weighted by Gasteiger charge is 2.32. The number of sulfonamides is 1. The molecule has 11 heteroatoms. The Morgan fingerprint density at radius 1 is 1.22 bits per heavy atom. The molecule has 1 fully saturated rings. The molecule has 0 unspecified atom stereocenters. The summed E-state index contributed by atoms with van der Waals surface area (Å²) in [6.45, 7) is 3.20. The number of fused-ring (bicyclic) bond motifs is 1. The number of nitrogens with zero attached hydrogens (tertiary/aromatic N) is 3. The Labute approximate surface area is 193 Å². The first-order chi connectivity index (χ1) is 15.3. The van der Waals surface area contributed by atoms with E-state index in [4.69, 9.17) is 4.74 Å². The van der Waals surface area contributed by atoms with Crippen molar-refractivity contribution in [1.82, 2.24) is 8.87 Å². The van der Waals surface area contributed by atoms with E-state index in [0.29, 0.717) is 47.0 Å². The Hall–Kier alpha value is -2.34. The third kappa shape index (κ3) is 4.29. The van der Waals surface area contributed by atoms with Crippen molar-refractivity contribution in [3.8, 4) is 0 Å². The van der Waals surface area contributed by atoms with Crippen LogP contribution < -0.4 is 4.80 Å². The summed E-state index contributed by atoms with van der Waals surface area (Å²) in [4.78, 5) is 29.7. The molecule has 3 aromatic rings. The maximum absolute atomic E-state index is 12.9. The van der Waals surface area contributed by atoms with E-state index in [1.165, 1.54) is 34.1 Å². The molecule has 0 radical (unpaired) electrons. The van der Waals surface area contributed by atoms with Gasteiger partial charge in [0.25, 0.3) is 15.9 Å². The zero-order valence-corrected chi connectivity index (χ0v) is 20.1. The molecule has 1 aliphatic rings. The molecule has 8 nitrogen and oxygen atoms in total. The second kappa shape index (κ2) is 9.26. The van der Waals surface area contributed by atoms with Gasteiger partial charge in [-0.3, -0.25) is 4.79 Å². The lowest BCUT2D eigenvalue weighted by Gasteiger charge is -2.29. The SMILES string of the molecule is CCn1c(=NC(=O)C2CCN(S(=O)(=O)c3cccs3)CC2)sc2cc(C(=O)OC)ccc21. The summed E-state index contributed by atoms with van der Waals surface area (Å²) < 4.78 is 34.7. The van der Waals surface area contributed by atoms with Crippen LogP contribution in [0.15, 0.2) is 44.9 Å². The summed E-state index contributed by atoms with van der Waals surface area (Å²) in [5, 5.41) is 1.74. The van der Waals surface area contributed by atoms with E-state index in [-0.39, 0.29) is 11.8 Å². The molecule has 0 aliphatic carbocycles. The van der Waals surface area contributed by atoms with Crippen molar-refractivity contribution in [1.29, 1.82) is 0 Å². The Balaban J connectivity index is 1.54. The molecule has 2 aromatic heterocycles. The summed E-state index contributed by atoms with van der Waals surface area (Å²) in [5.41, 5.74) is 1.34. The molecule has 4 rings (SSSR count). The molecule has 0 spiro atoms. The third-order valence-electron chi connectivity index (χ3n) is 5.52. The van der Waals surface area contributed by atoms with Crippen molar-refractivity contribution in [2.45, 2.75) is 30.5 Å². The van der Waals surface area contributed by atoms with Gasteiger partial charge in [0, 0.05) is 25.6 Å². The first kappa shape index (κ1) is 22.8. The number of thiophene rings is 1. The molecule has 1 aliphatic heterocycles. The lowest BCUT2D eigenvalue weighted by Crippen LogP contribution is -2.40. The first-order valence-corrected chi connectivity index (χ1v) is 13.3. The summed E-state index contributed by atoms with van der Waals surface area (Å²) in [6.07, 6.45) is 0.882. The van der Waals surface area contributed by atoms with Crippen LogP contribution in [0.1, 0.15) is 30.1 Å². The van der Waals surface area contributed by atoms with Gasteiger partial charge < -0.3 is 9.30 Å². The Kier molecular flexibility index (Phi) is 6.61. The topological polar surface area (TPSA) is 98.0 Å². The molecule has 1 saturated heterocycles. The molecule has 0 bridgehead atoms. The average Bonchev–Trinajstić information content (AvgIpc) is 3.46. The molecule has 32 heavy (non-hydrogen) atoms. The number of benzene rings is 1. The molecule has 0 atom stereocenters. The highest BCUT2D eigenvalue weighted by atomic mass is 32.2. The fraction of sp³-hybridized carbons (Fsp3) is 0.381. The molecule has 3 heterocycles. The first-order valence-electron chi connectivity index (χ1n) is 10.2. The molecule has 0 N–H and O–H groups in total. The number of rotatable bonds is 5. The normalized spacial score (nSPS) is 16.5. The fourth-order valence-corrected chi connectivity index (χ4v) is 7.53. The highest BCUT2D eigenvalue weighted by molar-refractivity contribution is 7.91. The average molecular weight is 494 g/mol. The van der Waals surface area contributed by atoms with Gasteiger partial charge in [-0.1, -0.05) is 17.4 Å². The van der Waals surface area contributed by atoms with Crippen LogP contribution in [0.4, 0.5) is 0 Å². The summed E-state index contributed by atoms with van der Waals surface area (Å²) in [6, 6.07) is 8.59. The van der Waals surface area contributed by atoms with Crippen LogP contribution in [0.3, 0.4) is 0 Å². The smallest absolute Gasteiger partial charge is 0.337 e. The summed E-state index contributed by atoms with van der Waals surface area (Å²) >= 11 is 2.55. The van der Waals surface area contributed by atoms with Gasteiger partial charge in [-0.25, -0.2) is 13.2 Å². The largest absolute Gasteiger partial charge is 0.465 e. The predicted molar refractivity (Wildman–Crippen MR) is 123 cm³/mol. The lowest BCUT2D eigenvalue weighted by atomic mass is 9.98. The lowest BCUT2D eigenvalue weighted by molar-refractivity contribution is -0.122. The quantitative estimate of drug-likeness (QED) is 0.509. The van der Waals surface area contributed by atoms with Gasteiger partial charge >= 0.3 is 5.97 Å². The molecule has 1 amide bonds. The van der Waals surface area contributed by atoms with Gasteiger partial charge in [0.15, 0.2) is 4.80 Å². The number of hydrogen-bond acceptors (Lipinski definition) is 7. The number of amides is 1. The van der Waals surface area contributed by atoms with Gasteiger partial charge in [-0.15, -0.1) is 11.3 Å².